The van der Waals surface area contributed by atoms with Crippen molar-refractivity contribution in [1.29, 1.82) is 0 Å². The van der Waals surface area contributed by atoms with E-state index in [9.17, 15) is 0 Å². The van der Waals surface area contributed by atoms with Gasteiger partial charge in [0, 0.05) is 0 Å². The van der Waals surface area contributed by atoms with Crippen LogP contribution in [-0.2, 0) is 11.0 Å². The maximum atomic E-state index is 6.01. The first-order chi connectivity index (χ1) is 10.4. The Labute approximate surface area is 145 Å². The second-order valence-corrected chi connectivity index (χ2v) is 8.15. The van der Waals surface area contributed by atoms with E-state index in [1.165, 1.54) is 76.2 Å². The molecule has 0 fully saturated rings. The molecule has 0 aliphatic rings. The fourth-order valence-corrected chi connectivity index (χ4v) is 4.25. The van der Waals surface area contributed by atoms with Gasteiger partial charge in [0.1, 0.15) is 0 Å². The van der Waals surface area contributed by atoms with E-state index >= 15 is 0 Å². The summed E-state index contributed by atoms with van der Waals surface area (Å²) in [5, 5.41) is 0. The molecule has 0 aliphatic heterocycles. The molecule has 0 radical (unpaired) electrons. The zero-order valence-electron chi connectivity index (χ0n) is 13.9. The topological polar surface area (TPSA) is 0 Å². The third kappa shape index (κ3) is 9.81. The summed E-state index contributed by atoms with van der Waals surface area (Å²) in [6.45, 7) is 2.29. The third-order valence-corrected chi connectivity index (χ3v) is 5.58. The molecule has 0 unspecified atom stereocenters. The minimum Gasteiger partial charge on any atom is -0.345 e. The van der Waals surface area contributed by atoms with E-state index in [0.717, 1.165) is 4.55 Å². The summed E-state index contributed by atoms with van der Waals surface area (Å²) < 4.78 is 1.15. The van der Waals surface area contributed by atoms with Crippen LogP contribution in [0.25, 0.3) is 0 Å². The van der Waals surface area contributed by atoms with Crippen LogP contribution in [0.3, 0.4) is 0 Å². The predicted molar refractivity (Wildman–Crippen MR) is 97.3 cm³/mol. The Kier molecular flexibility index (Phi) is 12.8. The van der Waals surface area contributed by atoms with Crippen LogP contribution in [0, 0.1) is 0 Å². The highest BCUT2D eigenvalue weighted by molar-refractivity contribution is 6.93. The highest BCUT2D eigenvalue weighted by Crippen LogP contribution is 2.15. The van der Waals surface area contributed by atoms with Crippen molar-refractivity contribution in [3.63, 3.8) is 0 Å². The van der Waals surface area contributed by atoms with Gasteiger partial charge in [-0.3, -0.25) is 0 Å². The van der Waals surface area contributed by atoms with Gasteiger partial charge in [0.2, 0.25) is 0 Å². The molecule has 0 heterocycles. The van der Waals surface area contributed by atoms with Gasteiger partial charge in [0.25, 0.3) is 0 Å². The molecule has 21 heavy (non-hydrogen) atoms. The van der Waals surface area contributed by atoms with Crippen molar-refractivity contribution in [1.82, 2.24) is 0 Å². The van der Waals surface area contributed by atoms with Gasteiger partial charge in [-0.05, 0) is 18.4 Å². The maximum Gasteiger partial charge on any atom is 0.505 e. The van der Waals surface area contributed by atoms with Crippen molar-refractivity contribution in [2.75, 3.05) is 0 Å². The van der Waals surface area contributed by atoms with Gasteiger partial charge in [-0.2, -0.15) is 0 Å². The molecule has 0 aliphatic carbocycles. The molecule has 0 N–H and O–H groups in total. The first-order valence-corrected chi connectivity index (χ1v) is 12.1. The van der Waals surface area contributed by atoms with Gasteiger partial charge in [-0.1, -0.05) is 99.1 Å². The Morgan fingerprint density at radius 2 is 1.29 bits per heavy atom. The minimum atomic E-state index is -0.382. The summed E-state index contributed by atoms with van der Waals surface area (Å²) in [5.74, 6) is 0. The van der Waals surface area contributed by atoms with E-state index < -0.39 is 0 Å². The summed E-state index contributed by atoms with van der Waals surface area (Å²) in [5.41, 5.74) is 3.06. The van der Waals surface area contributed by atoms with E-state index in [1.807, 2.05) is 0 Å². The predicted octanol–water partition coefficient (Wildman–Crippen LogP) is 6.51. The largest absolute Gasteiger partial charge is 0.505 e. The van der Waals surface area contributed by atoms with Crippen molar-refractivity contribution in [3.05, 3.63) is 35.4 Å². The molecule has 1 aromatic rings. The van der Waals surface area contributed by atoms with Crippen LogP contribution >= 0.6 is 9.07 Å². The lowest BCUT2D eigenvalue weighted by molar-refractivity contribution is 0.556. The first-order valence-electron chi connectivity index (χ1n) is 9.01. The van der Waals surface area contributed by atoms with Crippen LogP contribution in [0.1, 0.15) is 82.3 Å². The zero-order chi connectivity index (χ0) is 15.2. The van der Waals surface area contributed by atoms with E-state index in [-0.39, 0.29) is 19.3 Å². The molecule has 0 spiro atoms. The fourth-order valence-electron chi connectivity index (χ4n) is 2.95. The van der Waals surface area contributed by atoms with Crippen molar-refractivity contribution in [3.8, 4) is 0 Å². The van der Waals surface area contributed by atoms with Crippen LogP contribution in [-0.4, -0.2) is 19.3 Å². The van der Waals surface area contributed by atoms with Crippen LogP contribution in [0.4, 0.5) is 0 Å². The Balaban J connectivity index is 2.01. The molecule has 0 aromatic heterocycles. The first kappa shape index (κ1) is 19.3. The van der Waals surface area contributed by atoms with Gasteiger partial charge in [-0.25, -0.2) is 0 Å². The summed E-state index contributed by atoms with van der Waals surface area (Å²) in [6, 6.07) is 8.88. The average Bonchev–Trinajstić information content (AvgIpc) is 2.51. The molecule has 2 heteroatoms. The maximum absolute atomic E-state index is 6.01. The van der Waals surface area contributed by atoms with Gasteiger partial charge in [-0.15, -0.1) is 0 Å². The van der Waals surface area contributed by atoms with Crippen molar-refractivity contribution < 1.29 is 0 Å². The van der Waals surface area contributed by atoms with Crippen LogP contribution in [0.2, 0.25) is 0 Å². The highest BCUT2D eigenvalue weighted by Gasteiger charge is 2.02. The quantitative estimate of drug-likeness (QED) is 0.287. The van der Waals surface area contributed by atoms with Gasteiger partial charge >= 0.3 is 19.3 Å². The smallest absolute Gasteiger partial charge is 0.345 e. The molecule has 0 nitrogen and oxygen atoms in total. The van der Waals surface area contributed by atoms with Crippen LogP contribution in [0.5, 0.6) is 0 Å². The number of benzene rings is 1. The zero-order valence-corrected chi connectivity index (χ0v) is 16.0. The van der Waals surface area contributed by atoms with Gasteiger partial charge in [0.15, 0.2) is 0 Å². The number of rotatable bonds is 13. The Morgan fingerprint density at radius 1 is 0.762 bits per heavy atom. The fraction of sp³-hybridized carbons (Fsp3) is 0.684. The Bertz CT molecular complexity index is 351. The van der Waals surface area contributed by atoms with Crippen molar-refractivity contribution in [2.24, 2.45) is 0 Å². The molecule has 0 amide bonds. The molecule has 1 rings (SSSR count). The number of unbranched alkanes of at least 4 members (excludes halogenated alkanes) is 9. The molecule has 0 bridgehead atoms. The third-order valence-electron chi connectivity index (χ3n) is 4.28. The molecule has 0 atom stereocenters. The summed E-state index contributed by atoms with van der Waals surface area (Å²) in [6.07, 6.45) is 15.4. The van der Waals surface area contributed by atoms with Crippen LogP contribution in [0.15, 0.2) is 24.3 Å². The lowest BCUT2D eigenvalue weighted by Gasteiger charge is -2.08. The van der Waals surface area contributed by atoms with Crippen LogP contribution < -0.4 is 0 Å². The molecular weight excluding hydrogens is 288 g/mol. The number of hydrogen-bond donors (Lipinski definition) is 0. The Hall–Kier alpha value is 0.276. The summed E-state index contributed by atoms with van der Waals surface area (Å²) in [7, 11) is 6.01. The number of aryl methyl sites for hydroxylation is 1. The number of hydrogen-bond acceptors (Lipinski definition) is 0. The second kappa shape index (κ2) is 13.9. The minimum absolute atomic E-state index is 0.382. The van der Waals surface area contributed by atoms with E-state index in [2.05, 4.69) is 31.2 Å². The molecule has 116 valence electrons. The van der Waals surface area contributed by atoms with E-state index in [0.29, 0.717) is 0 Å². The highest BCUT2D eigenvalue weighted by atomic mass is 35.5. The van der Waals surface area contributed by atoms with E-state index in [1.54, 1.807) is 5.56 Å². The second-order valence-electron chi connectivity index (χ2n) is 6.14. The number of halogens is 1. The van der Waals surface area contributed by atoms with Gasteiger partial charge in [0.05, 0.1) is 0 Å². The molecule has 1 aromatic carbocycles. The standard InChI is InChI=1S/C19H31.ClH.Mg/c1-3-4-5-6-7-8-9-10-11-12-16-19-17-14-13-15-18(19)2;;/h13-15,17H,2-12,16H2,1H3;1H;/q;;+1/p-1. The normalized spacial score (nSPS) is 10.6. The SMILES string of the molecule is CCCCCCCCCCCCc1ccccc1[CH2][Mg][Cl]. The monoisotopic (exact) mass is 318 g/mol. The summed E-state index contributed by atoms with van der Waals surface area (Å²) >= 11 is -0.382. The van der Waals surface area contributed by atoms with Crippen molar-refractivity contribution >= 4 is 28.3 Å². The lowest BCUT2D eigenvalue weighted by Crippen LogP contribution is -1.97. The molecule has 0 saturated carbocycles. The van der Waals surface area contributed by atoms with Gasteiger partial charge < -0.3 is 9.07 Å². The average molecular weight is 319 g/mol. The molecular formula is C19H31ClMg. The lowest BCUT2D eigenvalue weighted by atomic mass is 10.0. The Morgan fingerprint density at radius 3 is 1.86 bits per heavy atom. The van der Waals surface area contributed by atoms with Crippen molar-refractivity contribution in [2.45, 2.75) is 82.1 Å². The van der Waals surface area contributed by atoms with E-state index in [4.69, 9.17) is 9.07 Å². The summed E-state index contributed by atoms with van der Waals surface area (Å²) in [4.78, 5) is 0. The molecule has 0 saturated heterocycles.